The number of nitrogens with one attached hydrogen (secondary N) is 1. The first kappa shape index (κ1) is 17.2. The van der Waals surface area contributed by atoms with Crippen LogP contribution in [0.1, 0.15) is 24.8 Å². The van der Waals surface area contributed by atoms with Crippen LogP contribution in [-0.4, -0.2) is 23.4 Å². The average molecular weight is 350 g/mol. The first-order chi connectivity index (χ1) is 11.6. The number of aliphatic hydroxyl groups is 1. The van der Waals surface area contributed by atoms with Crippen molar-refractivity contribution >= 4 is 11.6 Å². The van der Waals surface area contributed by atoms with Crippen LogP contribution in [0.5, 0.6) is 5.75 Å². The molecule has 0 aromatic heterocycles. The summed E-state index contributed by atoms with van der Waals surface area (Å²) < 4.78 is 18.9. The molecule has 0 bridgehead atoms. The van der Waals surface area contributed by atoms with Crippen molar-refractivity contribution in [3.05, 3.63) is 64.9 Å². The molecule has 1 fully saturated rings. The van der Waals surface area contributed by atoms with Gasteiger partial charge in [-0.1, -0.05) is 23.7 Å². The van der Waals surface area contributed by atoms with Gasteiger partial charge in [0, 0.05) is 17.6 Å². The van der Waals surface area contributed by atoms with E-state index in [1.165, 1.54) is 12.1 Å². The number of aliphatic hydroxyl groups excluding tert-OH is 1. The van der Waals surface area contributed by atoms with Crippen LogP contribution in [0.25, 0.3) is 0 Å². The van der Waals surface area contributed by atoms with Crippen LogP contribution in [0.4, 0.5) is 4.39 Å². The molecule has 3 rings (SSSR count). The molecular formula is C19H21ClFNO2. The van der Waals surface area contributed by atoms with Crippen molar-refractivity contribution in [3.63, 3.8) is 0 Å². The lowest BCUT2D eigenvalue weighted by atomic mass is 9.89. The molecular weight excluding hydrogens is 329 g/mol. The summed E-state index contributed by atoms with van der Waals surface area (Å²) in [6, 6.07) is 13.5. The van der Waals surface area contributed by atoms with Crippen LogP contribution in [-0.2, 0) is 6.54 Å². The standard InChI is InChI=1S/C19H21ClFNO2/c20-14-6-10-16(11-7-14)24-18-3-1-2-17(19(18)23)22-12-13-4-8-15(21)9-5-13/h4-11,17-19,22-23H,1-3,12H2/t17-,18+,19+/m0/s1. The van der Waals surface area contributed by atoms with E-state index >= 15 is 0 Å². The van der Waals surface area contributed by atoms with Crippen LogP contribution >= 0.6 is 11.6 Å². The molecule has 0 saturated heterocycles. The fourth-order valence-corrected chi connectivity index (χ4v) is 3.16. The van der Waals surface area contributed by atoms with Gasteiger partial charge in [-0.2, -0.15) is 0 Å². The molecule has 0 unspecified atom stereocenters. The number of hydrogen-bond donors (Lipinski definition) is 2. The van der Waals surface area contributed by atoms with Gasteiger partial charge in [0.1, 0.15) is 23.8 Å². The third-order valence-electron chi connectivity index (χ3n) is 4.38. The summed E-state index contributed by atoms with van der Waals surface area (Å²) in [5.74, 6) is 0.468. The highest BCUT2D eigenvalue weighted by atomic mass is 35.5. The van der Waals surface area contributed by atoms with Crippen LogP contribution in [0, 0.1) is 5.82 Å². The van der Waals surface area contributed by atoms with Gasteiger partial charge in [0.25, 0.3) is 0 Å². The minimum Gasteiger partial charge on any atom is -0.488 e. The molecule has 128 valence electrons. The minimum absolute atomic E-state index is 0.0406. The molecule has 0 heterocycles. The summed E-state index contributed by atoms with van der Waals surface area (Å²) in [4.78, 5) is 0. The van der Waals surface area contributed by atoms with E-state index in [9.17, 15) is 9.50 Å². The molecule has 2 aromatic rings. The second-order valence-electron chi connectivity index (χ2n) is 6.15. The fraction of sp³-hybridized carbons (Fsp3) is 0.368. The Morgan fingerprint density at radius 1 is 1.08 bits per heavy atom. The van der Waals surface area contributed by atoms with Gasteiger partial charge in [-0.25, -0.2) is 4.39 Å². The van der Waals surface area contributed by atoms with Crippen molar-refractivity contribution in [1.82, 2.24) is 5.32 Å². The number of ether oxygens (including phenoxy) is 1. The van der Waals surface area contributed by atoms with Crippen LogP contribution in [0.2, 0.25) is 5.02 Å². The van der Waals surface area contributed by atoms with E-state index in [2.05, 4.69) is 5.32 Å². The summed E-state index contributed by atoms with van der Waals surface area (Å²) >= 11 is 5.88. The Morgan fingerprint density at radius 2 is 1.79 bits per heavy atom. The Bertz CT molecular complexity index is 647. The molecule has 0 radical (unpaired) electrons. The zero-order valence-corrected chi connectivity index (χ0v) is 14.0. The molecule has 24 heavy (non-hydrogen) atoms. The minimum atomic E-state index is -0.588. The zero-order chi connectivity index (χ0) is 16.9. The molecule has 0 amide bonds. The van der Waals surface area contributed by atoms with E-state index in [0.717, 1.165) is 24.8 Å². The first-order valence-corrected chi connectivity index (χ1v) is 8.58. The van der Waals surface area contributed by atoms with E-state index in [4.69, 9.17) is 16.3 Å². The maximum atomic E-state index is 12.9. The summed E-state index contributed by atoms with van der Waals surface area (Å²) in [6.45, 7) is 0.593. The van der Waals surface area contributed by atoms with Gasteiger partial charge in [-0.05, 0) is 61.2 Å². The van der Waals surface area contributed by atoms with Crippen LogP contribution in [0.3, 0.4) is 0 Å². The van der Waals surface area contributed by atoms with Crippen molar-refractivity contribution in [2.45, 2.75) is 44.1 Å². The van der Waals surface area contributed by atoms with E-state index in [1.54, 1.807) is 24.3 Å². The highest BCUT2D eigenvalue weighted by Crippen LogP contribution is 2.25. The van der Waals surface area contributed by atoms with Crippen LogP contribution < -0.4 is 10.1 Å². The van der Waals surface area contributed by atoms with Crippen molar-refractivity contribution in [2.75, 3.05) is 0 Å². The predicted molar refractivity (Wildman–Crippen MR) is 92.8 cm³/mol. The van der Waals surface area contributed by atoms with Gasteiger partial charge in [0.2, 0.25) is 0 Å². The van der Waals surface area contributed by atoms with Gasteiger partial charge in [-0.15, -0.1) is 0 Å². The number of halogens is 2. The average Bonchev–Trinajstić information content (AvgIpc) is 2.59. The molecule has 2 N–H and O–H groups in total. The van der Waals surface area contributed by atoms with Gasteiger partial charge in [0.15, 0.2) is 0 Å². The second-order valence-corrected chi connectivity index (χ2v) is 6.58. The Labute approximate surface area is 146 Å². The highest BCUT2D eigenvalue weighted by molar-refractivity contribution is 6.30. The molecule has 3 nitrogen and oxygen atoms in total. The molecule has 1 aliphatic rings. The van der Waals surface area contributed by atoms with Crippen molar-refractivity contribution in [2.24, 2.45) is 0 Å². The Balaban J connectivity index is 1.56. The summed E-state index contributed by atoms with van der Waals surface area (Å²) in [5.41, 5.74) is 0.990. The summed E-state index contributed by atoms with van der Waals surface area (Å²) in [5, 5.41) is 14.6. The van der Waals surface area contributed by atoms with E-state index < -0.39 is 6.10 Å². The Morgan fingerprint density at radius 3 is 2.50 bits per heavy atom. The maximum absolute atomic E-state index is 12.9. The zero-order valence-electron chi connectivity index (χ0n) is 13.3. The van der Waals surface area contributed by atoms with Gasteiger partial charge in [-0.3, -0.25) is 0 Å². The van der Waals surface area contributed by atoms with Crippen molar-refractivity contribution in [3.8, 4) is 5.75 Å². The molecule has 3 atom stereocenters. The number of benzene rings is 2. The second kappa shape index (κ2) is 7.97. The molecule has 5 heteroatoms. The van der Waals surface area contributed by atoms with Gasteiger partial charge >= 0.3 is 0 Å². The first-order valence-electron chi connectivity index (χ1n) is 8.20. The quantitative estimate of drug-likeness (QED) is 0.859. The van der Waals surface area contributed by atoms with E-state index in [0.29, 0.717) is 17.3 Å². The normalized spacial score (nSPS) is 23.9. The lowest BCUT2D eigenvalue weighted by Crippen LogP contribution is -2.50. The number of rotatable bonds is 5. The summed E-state index contributed by atoms with van der Waals surface area (Å²) in [7, 11) is 0. The fourth-order valence-electron chi connectivity index (χ4n) is 3.03. The van der Waals surface area contributed by atoms with Crippen LogP contribution in [0.15, 0.2) is 48.5 Å². The van der Waals surface area contributed by atoms with Gasteiger partial charge in [0.05, 0.1) is 0 Å². The van der Waals surface area contributed by atoms with E-state index in [-0.39, 0.29) is 18.0 Å². The van der Waals surface area contributed by atoms with Crippen molar-refractivity contribution in [1.29, 1.82) is 0 Å². The Kier molecular flexibility index (Phi) is 5.72. The predicted octanol–water partition coefficient (Wildman–Crippen LogP) is 3.93. The summed E-state index contributed by atoms with van der Waals surface area (Å²) in [6.07, 6.45) is 1.86. The smallest absolute Gasteiger partial charge is 0.126 e. The van der Waals surface area contributed by atoms with Crippen molar-refractivity contribution < 1.29 is 14.2 Å². The lowest BCUT2D eigenvalue weighted by Gasteiger charge is -2.35. The Hall–Kier alpha value is -1.62. The molecule has 1 aliphatic carbocycles. The third-order valence-corrected chi connectivity index (χ3v) is 4.63. The maximum Gasteiger partial charge on any atom is 0.126 e. The van der Waals surface area contributed by atoms with E-state index in [1.807, 2.05) is 12.1 Å². The molecule has 1 saturated carbocycles. The third kappa shape index (κ3) is 4.47. The molecule has 0 spiro atoms. The van der Waals surface area contributed by atoms with Gasteiger partial charge < -0.3 is 15.2 Å². The number of hydrogen-bond acceptors (Lipinski definition) is 3. The topological polar surface area (TPSA) is 41.5 Å². The molecule has 0 aliphatic heterocycles. The lowest BCUT2D eigenvalue weighted by molar-refractivity contribution is -0.0157. The largest absolute Gasteiger partial charge is 0.488 e. The molecule has 2 aromatic carbocycles. The highest BCUT2D eigenvalue weighted by Gasteiger charge is 2.33. The monoisotopic (exact) mass is 349 g/mol. The SMILES string of the molecule is O[C@@H]1[C@@H](NCc2ccc(F)cc2)CCC[C@H]1Oc1ccc(Cl)cc1.